The first-order valence-corrected chi connectivity index (χ1v) is 8.90. The van der Waals surface area contributed by atoms with Gasteiger partial charge in [-0.15, -0.1) is 10.2 Å². The van der Waals surface area contributed by atoms with E-state index >= 15 is 0 Å². The molecule has 7 nitrogen and oxygen atoms in total. The number of aryl methyl sites for hydroxylation is 1. The Morgan fingerprint density at radius 1 is 1.42 bits per heavy atom. The molecule has 0 saturated heterocycles. The van der Waals surface area contributed by atoms with Crippen LogP contribution in [0.4, 0.5) is 5.13 Å². The van der Waals surface area contributed by atoms with Gasteiger partial charge >= 0.3 is 0 Å². The number of rotatable bonds is 6. The lowest BCUT2D eigenvalue weighted by Crippen LogP contribution is -2.39. The van der Waals surface area contributed by atoms with E-state index in [0.717, 1.165) is 22.8 Å². The minimum absolute atomic E-state index is 0.00510. The van der Waals surface area contributed by atoms with E-state index in [2.05, 4.69) is 52.5 Å². The van der Waals surface area contributed by atoms with Crippen LogP contribution in [0.2, 0.25) is 0 Å². The second-order valence-corrected chi connectivity index (χ2v) is 8.03. The topological polar surface area (TPSA) is 86.8 Å². The van der Waals surface area contributed by atoms with Crippen LogP contribution < -0.4 is 5.32 Å². The molecule has 0 aliphatic rings. The average Bonchev–Trinajstić information content (AvgIpc) is 3.14. The van der Waals surface area contributed by atoms with E-state index in [0.29, 0.717) is 11.7 Å². The van der Waals surface area contributed by atoms with Crippen LogP contribution in [0.5, 0.6) is 0 Å². The van der Waals surface area contributed by atoms with Crippen molar-refractivity contribution in [2.75, 3.05) is 12.4 Å². The van der Waals surface area contributed by atoms with E-state index in [1.54, 1.807) is 0 Å². The van der Waals surface area contributed by atoms with Crippen LogP contribution in [0.1, 0.15) is 51.0 Å². The van der Waals surface area contributed by atoms with Crippen LogP contribution >= 0.6 is 11.3 Å². The Bertz CT molecular complexity index is 687. The smallest absolute Gasteiger partial charge is 0.243 e. The maximum Gasteiger partial charge on any atom is 0.243 e. The van der Waals surface area contributed by atoms with Crippen molar-refractivity contribution in [3.63, 3.8) is 0 Å². The molecule has 1 amide bonds. The van der Waals surface area contributed by atoms with Crippen molar-refractivity contribution in [3.05, 3.63) is 22.5 Å². The van der Waals surface area contributed by atoms with Crippen molar-refractivity contribution in [2.45, 2.75) is 59.0 Å². The molecular weight excluding hydrogens is 324 g/mol. The number of hydrogen-bond donors (Lipinski definition) is 2. The van der Waals surface area contributed by atoms with Gasteiger partial charge < -0.3 is 0 Å². The third kappa shape index (κ3) is 4.61. The monoisotopic (exact) mass is 350 g/mol. The van der Waals surface area contributed by atoms with E-state index in [9.17, 15) is 4.79 Å². The second kappa shape index (κ2) is 7.40. The van der Waals surface area contributed by atoms with E-state index in [-0.39, 0.29) is 17.4 Å². The lowest BCUT2D eigenvalue weighted by atomic mass is 9.92. The summed E-state index contributed by atoms with van der Waals surface area (Å²) in [6, 6.07) is 1.76. The summed E-state index contributed by atoms with van der Waals surface area (Å²) in [4.78, 5) is 14.3. The van der Waals surface area contributed by atoms with Gasteiger partial charge in [0, 0.05) is 17.7 Å². The highest BCUT2D eigenvalue weighted by atomic mass is 32.1. The number of aromatic amines is 1. The van der Waals surface area contributed by atoms with Crippen LogP contribution in [-0.4, -0.2) is 44.3 Å². The number of nitrogens with zero attached hydrogens (tertiary/aromatic N) is 4. The van der Waals surface area contributed by atoms with Gasteiger partial charge in [-0.25, -0.2) is 0 Å². The molecule has 0 aliphatic heterocycles. The first-order valence-electron chi connectivity index (χ1n) is 8.09. The molecule has 8 heteroatoms. The number of hydrogen-bond acceptors (Lipinski definition) is 6. The highest BCUT2D eigenvalue weighted by molar-refractivity contribution is 7.15. The number of H-pyrrole nitrogens is 1. The van der Waals surface area contributed by atoms with E-state index in [1.165, 1.54) is 11.3 Å². The highest BCUT2D eigenvalue weighted by Gasteiger charge is 2.22. The predicted molar refractivity (Wildman–Crippen MR) is 96.1 cm³/mol. The fourth-order valence-corrected chi connectivity index (χ4v) is 2.77. The summed E-state index contributed by atoms with van der Waals surface area (Å²) >= 11 is 1.41. The number of anilines is 1. The molecule has 1 atom stereocenters. The summed E-state index contributed by atoms with van der Waals surface area (Å²) in [5.41, 5.74) is 2.01. The molecular formula is C16H26N6OS. The van der Waals surface area contributed by atoms with Crippen molar-refractivity contribution in [3.8, 4) is 0 Å². The number of amides is 1. The molecule has 2 heterocycles. The third-order valence-corrected chi connectivity index (χ3v) is 4.84. The van der Waals surface area contributed by atoms with Gasteiger partial charge in [0.25, 0.3) is 0 Å². The second-order valence-electron chi connectivity index (χ2n) is 6.96. The Kier molecular flexibility index (Phi) is 5.71. The normalized spacial score (nSPS) is 13.3. The van der Waals surface area contributed by atoms with Crippen molar-refractivity contribution in [1.82, 2.24) is 25.3 Å². The Hall–Kier alpha value is -1.80. The molecule has 0 aliphatic carbocycles. The molecule has 0 radical (unpaired) electrons. The number of aromatic nitrogens is 4. The molecule has 132 valence electrons. The van der Waals surface area contributed by atoms with Gasteiger partial charge in [-0.05, 0) is 26.5 Å². The minimum atomic E-state index is -0.291. The van der Waals surface area contributed by atoms with Crippen molar-refractivity contribution in [1.29, 1.82) is 0 Å². The van der Waals surface area contributed by atoms with Crippen LogP contribution in [0, 0.1) is 0 Å². The summed E-state index contributed by atoms with van der Waals surface area (Å²) in [7, 11) is 1.92. The van der Waals surface area contributed by atoms with Gasteiger partial charge in [-0.1, -0.05) is 39.0 Å². The van der Waals surface area contributed by atoms with Crippen molar-refractivity contribution in [2.24, 2.45) is 0 Å². The third-order valence-electron chi connectivity index (χ3n) is 3.86. The molecule has 24 heavy (non-hydrogen) atoms. The first kappa shape index (κ1) is 18.5. The molecule has 2 aromatic heterocycles. The standard InChI is InChI=1S/C16H26N6OS/c1-7-13-20-21-15(24-13)17-14(23)10(2)22(6)9-11-8-12(19-18-11)16(3,4)5/h8,10H,7,9H2,1-6H3,(H,18,19)(H,17,21,23)/t10-/m0/s1. The molecule has 0 unspecified atom stereocenters. The number of likely N-dealkylation sites (N-methyl/N-ethyl adjacent to an activating group) is 1. The maximum atomic E-state index is 12.4. The zero-order valence-electron chi connectivity index (χ0n) is 15.2. The number of carbonyl (C=O) groups is 1. The Balaban J connectivity index is 1.94. The van der Waals surface area contributed by atoms with Crippen LogP contribution in [0.25, 0.3) is 0 Å². The SMILES string of the molecule is CCc1nnc(NC(=O)[C@H](C)N(C)Cc2cc(C(C)(C)C)n[nH]2)s1. The van der Waals surface area contributed by atoms with Gasteiger partial charge in [0.15, 0.2) is 0 Å². The minimum Gasteiger partial charge on any atom is -0.299 e. The largest absolute Gasteiger partial charge is 0.299 e. The first-order chi connectivity index (χ1) is 11.2. The van der Waals surface area contributed by atoms with Crippen molar-refractivity contribution < 1.29 is 4.79 Å². The summed E-state index contributed by atoms with van der Waals surface area (Å²) in [5, 5.41) is 19.7. The Morgan fingerprint density at radius 2 is 2.12 bits per heavy atom. The van der Waals surface area contributed by atoms with E-state index in [1.807, 2.05) is 25.8 Å². The highest BCUT2D eigenvalue weighted by Crippen LogP contribution is 2.21. The zero-order valence-corrected chi connectivity index (χ0v) is 16.0. The fourth-order valence-electron chi connectivity index (χ4n) is 2.09. The summed E-state index contributed by atoms with van der Waals surface area (Å²) < 4.78 is 0. The number of carbonyl (C=O) groups excluding carboxylic acids is 1. The predicted octanol–water partition coefficient (Wildman–Crippen LogP) is 2.58. The number of nitrogens with one attached hydrogen (secondary N) is 2. The molecule has 2 N–H and O–H groups in total. The zero-order chi connectivity index (χ0) is 17.9. The van der Waals surface area contributed by atoms with Crippen LogP contribution in [-0.2, 0) is 23.2 Å². The van der Waals surface area contributed by atoms with Crippen LogP contribution in [0.15, 0.2) is 6.07 Å². The van der Waals surface area contributed by atoms with E-state index < -0.39 is 0 Å². The van der Waals surface area contributed by atoms with Crippen molar-refractivity contribution >= 4 is 22.4 Å². The summed E-state index contributed by atoms with van der Waals surface area (Å²) in [5.74, 6) is -0.0909. The summed E-state index contributed by atoms with van der Waals surface area (Å²) in [6.45, 7) is 10.9. The van der Waals surface area contributed by atoms with Gasteiger partial charge in [0.1, 0.15) is 5.01 Å². The van der Waals surface area contributed by atoms with Gasteiger partial charge in [-0.3, -0.25) is 20.1 Å². The fraction of sp³-hybridized carbons (Fsp3) is 0.625. The molecule has 0 bridgehead atoms. The Labute approximate surface area is 146 Å². The molecule has 0 fully saturated rings. The molecule has 0 spiro atoms. The summed E-state index contributed by atoms with van der Waals surface area (Å²) in [6.07, 6.45) is 0.818. The Morgan fingerprint density at radius 3 is 2.67 bits per heavy atom. The lowest BCUT2D eigenvalue weighted by molar-refractivity contribution is -0.120. The quantitative estimate of drug-likeness (QED) is 0.836. The molecule has 0 aromatic carbocycles. The molecule has 2 aromatic rings. The molecule has 2 rings (SSSR count). The van der Waals surface area contributed by atoms with Crippen LogP contribution in [0.3, 0.4) is 0 Å². The molecule has 0 saturated carbocycles. The maximum absolute atomic E-state index is 12.4. The van der Waals surface area contributed by atoms with Gasteiger partial charge in [-0.2, -0.15) is 5.10 Å². The lowest BCUT2D eigenvalue weighted by Gasteiger charge is -2.22. The van der Waals surface area contributed by atoms with E-state index in [4.69, 9.17) is 0 Å². The van der Waals surface area contributed by atoms with Gasteiger partial charge in [0.2, 0.25) is 11.0 Å². The van der Waals surface area contributed by atoms with Gasteiger partial charge in [0.05, 0.1) is 11.7 Å². The average molecular weight is 350 g/mol.